The van der Waals surface area contributed by atoms with Crippen molar-refractivity contribution in [3.05, 3.63) is 39.4 Å². The summed E-state index contributed by atoms with van der Waals surface area (Å²) in [5, 5.41) is 7.48. The Balaban J connectivity index is 1.98. The molecule has 1 unspecified atom stereocenters. The predicted molar refractivity (Wildman–Crippen MR) is 100 cm³/mol. The van der Waals surface area contributed by atoms with Crippen LogP contribution in [0.25, 0.3) is 0 Å². The quantitative estimate of drug-likeness (QED) is 0.623. The number of aryl methyl sites for hydroxylation is 3. The fourth-order valence-electron chi connectivity index (χ4n) is 2.97. The molecule has 0 amide bonds. The average molecular weight is 396 g/mol. The summed E-state index contributed by atoms with van der Waals surface area (Å²) in [7, 11) is 5.89. The molecule has 0 saturated heterocycles. The summed E-state index contributed by atoms with van der Waals surface area (Å²) in [6, 6.07) is 2.12. The van der Waals surface area contributed by atoms with Crippen LogP contribution < -0.4 is 5.32 Å². The molecule has 2 rings (SSSR count). The summed E-state index contributed by atoms with van der Waals surface area (Å²) in [5.74, 6) is 2.05. The van der Waals surface area contributed by atoms with Gasteiger partial charge in [-0.25, -0.2) is 0 Å². The molecule has 24 heavy (non-hydrogen) atoms. The molecule has 0 spiro atoms. The van der Waals surface area contributed by atoms with E-state index in [-0.39, 0.29) is 0 Å². The number of rotatable bonds is 5. The Bertz CT molecular complexity index is 699. The summed E-state index contributed by atoms with van der Waals surface area (Å²) in [6.45, 7) is 7.66. The van der Waals surface area contributed by atoms with Gasteiger partial charge in [0.15, 0.2) is 5.96 Å². The number of halogens is 1. The van der Waals surface area contributed by atoms with Crippen LogP contribution in [-0.4, -0.2) is 41.2 Å². The third kappa shape index (κ3) is 4.20. The Labute approximate surface area is 152 Å². The maximum atomic E-state index is 5.27. The second kappa shape index (κ2) is 7.88. The van der Waals surface area contributed by atoms with E-state index in [1.807, 2.05) is 27.9 Å². The predicted octanol–water partition coefficient (Wildman–Crippen LogP) is 3.20. The molecular weight excluding hydrogens is 370 g/mol. The van der Waals surface area contributed by atoms with Crippen LogP contribution >= 0.6 is 15.9 Å². The first-order valence-corrected chi connectivity index (χ1v) is 8.78. The minimum atomic E-state index is 0.297. The summed E-state index contributed by atoms with van der Waals surface area (Å²) < 4.78 is 8.46. The molecule has 2 heterocycles. The van der Waals surface area contributed by atoms with Gasteiger partial charge in [-0.2, -0.15) is 0 Å². The lowest BCUT2D eigenvalue weighted by Crippen LogP contribution is -2.40. The van der Waals surface area contributed by atoms with Crippen LogP contribution in [0.4, 0.5) is 0 Å². The van der Waals surface area contributed by atoms with E-state index >= 15 is 0 Å². The van der Waals surface area contributed by atoms with Crippen LogP contribution in [0.1, 0.15) is 35.6 Å². The van der Waals surface area contributed by atoms with E-state index in [4.69, 9.17) is 4.52 Å². The molecule has 132 valence electrons. The van der Waals surface area contributed by atoms with Gasteiger partial charge in [-0.3, -0.25) is 4.99 Å². The first-order chi connectivity index (χ1) is 11.3. The molecule has 6 nitrogen and oxygen atoms in total. The Hall–Kier alpha value is -1.76. The van der Waals surface area contributed by atoms with Gasteiger partial charge in [0.05, 0.1) is 12.2 Å². The van der Waals surface area contributed by atoms with Crippen LogP contribution in [0.2, 0.25) is 0 Å². The maximum absolute atomic E-state index is 5.27. The molecule has 0 aliphatic heterocycles. The third-order valence-electron chi connectivity index (χ3n) is 4.19. The van der Waals surface area contributed by atoms with Crippen molar-refractivity contribution in [2.24, 2.45) is 12.0 Å². The normalized spacial score (nSPS) is 13.2. The molecule has 0 radical (unpaired) electrons. The molecule has 7 heteroatoms. The Morgan fingerprint density at radius 1 is 1.50 bits per heavy atom. The summed E-state index contributed by atoms with van der Waals surface area (Å²) in [5.41, 5.74) is 3.34. The van der Waals surface area contributed by atoms with Gasteiger partial charge in [-0.05, 0) is 35.8 Å². The molecule has 0 saturated carbocycles. The average Bonchev–Trinajstić information content (AvgIpc) is 3.01. The van der Waals surface area contributed by atoms with Crippen LogP contribution in [0.5, 0.6) is 0 Å². The van der Waals surface area contributed by atoms with Gasteiger partial charge < -0.3 is 19.3 Å². The lowest BCUT2D eigenvalue weighted by Gasteiger charge is -2.24. The van der Waals surface area contributed by atoms with Crippen molar-refractivity contribution >= 4 is 21.9 Å². The SMILES string of the molecule is CN=C(NCC(C)c1c(C)noc1C)N(C)Cc1cc(Br)cn1C. The molecule has 0 fully saturated rings. The van der Waals surface area contributed by atoms with Crippen molar-refractivity contribution in [3.63, 3.8) is 0 Å². The Morgan fingerprint density at radius 2 is 2.21 bits per heavy atom. The van der Waals surface area contributed by atoms with Crippen molar-refractivity contribution in [2.75, 3.05) is 20.6 Å². The standard InChI is InChI=1S/C17H26BrN5O/c1-11(16-12(2)21-24-13(16)3)8-20-17(19-4)23(6)10-15-7-14(18)9-22(15)5/h7,9,11H,8,10H2,1-6H3,(H,19,20). The molecule has 1 atom stereocenters. The van der Waals surface area contributed by atoms with E-state index in [0.717, 1.165) is 35.0 Å². The fourth-order valence-corrected chi connectivity index (χ4v) is 3.54. The zero-order chi connectivity index (χ0) is 17.9. The van der Waals surface area contributed by atoms with Gasteiger partial charge in [0.25, 0.3) is 0 Å². The van der Waals surface area contributed by atoms with Crippen molar-refractivity contribution in [2.45, 2.75) is 33.2 Å². The number of hydrogen-bond acceptors (Lipinski definition) is 3. The van der Waals surface area contributed by atoms with E-state index in [2.05, 4.69) is 60.0 Å². The van der Waals surface area contributed by atoms with Gasteiger partial charge in [-0.15, -0.1) is 0 Å². The molecule has 2 aromatic heterocycles. The van der Waals surface area contributed by atoms with Gasteiger partial charge in [0.1, 0.15) is 5.76 Å². The van der Waals surface area contributed by atoms with Crippen molar-refractivity contribution in [1.82, 2.24) is 19.9 Å². The van der Waals surface area contributed by atoms with Crippen LogP contribution in [0, 0.1) is 13.8 Å². The van der Waals surface area contributed by atoms with Crippen molar-refractivity contribution in [1.29, 1.82) is 0 Å². The summed E-state index contributed by atoms with van der Waals surface area (Å²) in [4.78, 5) is 6.50. The highest BCUT2D eigenvalue weighted by Crippen LogP contribution is 2.22. The van der Waals surface area contributed by atoms with E-state index < -0.39 is 0 Å². The van der Waals surface area contributed by atoms with Gasteiger partial charge in [0, 0.05) is 55.5 Å². The molecule has 0 aliphatic rings. The largest absolute Gasteiger partial charge is 0.361 e. The lowest BCUT2D eigenvalue weighted by molar-refractivity contribution is 0.391. The molecule has 1 N–H and O–H groups in total. The zero-order valence-corrected chi connectivity index (χ0v) is 16.8. The minimum absolute atomic E-state index is 0.297. The monoisotopic (exact) mass is 395 g/mol. The molecule has 0 bridgehead atoms. The van der Waals surface area contributed by atoms with Gasteiger partial charge in [0.2, 0.25) is 0 Å². The van der Waals surface area contributed by atoms with Gasteiger partial charge >= 0.3 is 0 Å². The van der Waals surface area contributed by atoms with E-state index in [9.17, 15) is 0 Å². The highest BCUT2D eigenvalue weighted by atomic mass is 79.9. The minimum Gasteiger partial charge on any atom is -0.361 e. The summed E-state index contributed by atoms with van der Waals surface area (Å²) in [6.07, 6.45) is 2.05. The first-order valence-electron chi connectivity index (χ1n) is 7.98. The highest BCUT2D eigenvalue weighted by molar-refractivity contribution is 9.10. The topological polar surface area (TPSA) is 58.6 Å². The smallest absolute Gasteiger partial charge is 0.193 e. The number of nitrogens with zero attached hydrogens (tertiary/aromatic N) is 4. The van der Waals surface area contributed by atoms with Crippen molar-refractivity contribution in [3.8, 4) is 0 Å². The van der Waals surface area contributed by atoms with Crippen LogP contribution in [0.15, 0.2) is 26.3 Å². The number of guanidine groups is 1. The molecule has 0 aromatic carbocycles. The fraction of sp³-hybridized carbons (Fsp3) is 0.529. The van der Waals surface area contributed by atoms with E-state index in [1.54, 1.807) is 7.05 Å². The summed E-state index contributed by atoms with van der Waals surface area (Å²) >= 11 is 3.51. The Morgan fingerprint density at radius 3 is 2.71 bits per heavy atom. The molecule has 0 aliphatic carbocycles. The number of aromatic nitrogens is 2. The molecule has 2 aromatic rings. The second-order valence-corrected chi connectivity index (χ2v) is 7.10. The van der Waals surface area contributed by atoms with Crippen LogP contribution in [0.3, 0.4) is 0 Å². The number of hydrogen-bond donors (Lipinski definition) is 1. The second-order valence-electron chi connectivity index (χ2n) is 6.18. The Kier molecular flexibility index (Phi) is 6.10. The molecular formula is C17H26BrN5O. The van der Waals surface area contributed by atoms with E-state index in [1.165, 1.54) is 11.3 Å². The zero-order valence-electron chi connectivity index (χ0n) is 15.2. The number of aliphatic imine (C=N–C) groups is 1. The maximum Gasteiger partial charge on any atom is 0.193 e. The van der Waals surface area contributed by atoms with Crippen molar-refractivity contribution < 1.29 is 4.52 Å². The highest BCUT2D eigenvalue weighted by Gasteiger charge is 2.17. The first kappa shape index (κ1) is 18.6. The lowest BCUT2D eigenvalue weighted by atomic mass is 10.00. The third-order valence-corrected chi connectivity index (χ3v) is 4.63. The van der Waals surface area contributed by atoms with Crippen LogP contribution in [-0.2, 0) is 13.6 Å². The van der Waals surface area contributed by atoms with Gasteiger partial charge in [-0.1, -0.05) is 12.1 Å². The number of nitrogens with one attached hydrogen (secondary N) is 1. The van der Waals surface area contributed by atoms with E-state index in [0.29, 0.717) is 5.92 Å².